The molecule has 0 aliphatic carbocycles. The van der Waals surface area contributed by atoms with Crippen LogP contribution in [0.25, 0.3) is 0 Å². The molecule has 0 bridgehead atoms. The van der Waals surface area contributed by atoms with Gasteiger partial charge in [-0.3, -0.25) is 4.98 Å². The molecule has 0 aromatic carbocycles. The number of nitrogens with zero attached hydrogens (tertiary/aromatic N) is 2. The number of likely N-dealkylation sites (tertiary alicyclic amines) is 1. The van der Waals surface area contributed by atoms with Gasteiger partial charge >= 0.3 is 6.03 Å². The highest BCUT2D eigenvalue weighted by atomic mass is 16.2. The number of anilines is 1. The number of carbonyl (C=O) groups excluding carboxylic acids is 1. The highest BCUT2D eigenvalue weighted by Gasteiger charge is 2.17. The van der Waals surface area contributed by atoms with E-state index >= 15 is 0 Å². The van der Waals surface area contributed by atoms with Gasteiger partial charge in [0.05, 0.1) is 11.9 Å². The van der Waals surface area contributed by atoms with Crippen LogP contribution in [-0.4, -0.2) is 29.0 Å². The Morgan fingerprint density at radius 2 is 2.20 bits per heavy atom. The van der Waals surface area contributed by atoms with Gasteiger partial charge in [-0.25, -0.2) is 4.79 Å². The Balaban J connectivity index is 2.02. The molecule has 2 rings (SSSR count). The van der Waals surface area contributed by atoms with Gasteiger partial charge < -0.3 is 10.2 Å². The Hall–Kier alpha value is -1.58. The number of rotatable bonds is 1. The van der Waals surface area contributed by atoms with E-state index in [0.717, 1.165) is 37.2 Å². The van der Waals surface area contributed by atoms with Gasteiger partial charge in [-0.2, -0.15) is 0 Å². The third kappa shape index (κ3) is 2.26. The summed E-state index contributed by atoms with van der Waals surface area (Å²) in [6, 6.07) is 1.88. The largest absolute Gasteiger partial charge is 0.325 e. The molecule has 80 valence electrons. The van der Waals surface area contributed by atoms with Gasteiger partial charge in [-0.15, -0.1) is 0 Å². The van der Waals surface area contributed by atoms with Crippen LogP contribution in [0.15, 0.2) is 18.5 Å². The van der Waals surface area contributed by atoms with Crippen LogP contribution in [0.5, 0.6) is 0 Å². The maximum atomic E-state index is 11.8. The van der Waals surface area contributed by atoms with E-state index in [0.29, 0.717) is 0 Å². The number of aromatic nitrogens is 1. The molecule has 1 saturated heterocycles. The molecule has 1 aromatic heterocycles. The lowest BCUT2D eigenvalue weighted by Gasteiger charge is -2.16. The van der Waals surface area contributed by atoms with E-state index in [1.807, 2.05) is 17.9 Å². The molecule has 1 N–H and O–H groups in total. The minimum Gasteiger partial charge on any atom is -0.325 e. The molecule has 4 heteroatoms. The summed E-state index contributed by atoms with van der Waals surface area (Å²) in [6.07, 6.45) is 5.63. The average Bonchev–Trinajstić information content (AvgIpc) is 2.74. The smallest absolute Gasteiger partial charge is 0.321 e. The van der Waals surface area contributed by atoms with Crippen molar-refractivity contribution in [3.05, 3.63) is 24.0 Å². The molecule has 1 aromatic rings. The first-order valence-electron chi connectivity index (χ1n) is 5.24. The van der Waals surface area contributed by atoms with Crippen molar-refractivity contribution < 1.29 is 4.79 Å². The van der Waals surface area contributed by atoms with Crippen LogP contribution in [0, 0.1) is 6.92 Å². The Morgan fingerprint density at radius 1 is 1.47 bits per heavy atom. The van der Waals surface area contributed by atoms with E-state index in [4.69, 9.17) is 0 Å². The van der Waals surface area contributed by atoms with Crippen LogP contribution >= 0.6 is 0 Å². The van der Waals surface area contributed by atoms with Gasteiger partial charge in [-0.05, 0) is 31.4 Å². The molecule has 0 saturated carbocycles. The number of hydrogen-bond acceptors (Lipinski definition) is 2. The number of amides is 2. The molecule has 1 aliphatic rings. The standard InChI is InChI=1S/C11H15N3O/c1-9-4-5-12-8-10(9)13-11(15)14-6-2-3-7-14/h4-5,8H,2-3,6-7H2,1H3,(H,13,15). The molecule has 0 radical (unpaired) electrons. The fraction of sp³-hybridized carbons (Fsp3) is 0.455. The van der Waals surface area contributed by atoms with Crippen LogP contribution in [0.3, 0.4) is 0 Å². The van der Waals surface area contributed by atoms with Crippen LogP contribution in [0.2, 0.25) is 0 Å². The molecule has 1 fully saturated rings. The Kier molecular flexibility index (Phi) is 2.85. The van der Waals surface area contributed by atoms with E-state index in [-0.39, 0.29) is 6.03 Å². The summed E-state index contributed by atoms with van der Waals surface area (Å²) in [6.45, 7) is 3.69. The molecule has 4 nitrogen and oxygen atoms in total. The Labute approximate surface area is 89.3 Å². The van der Waals surface area contributed by atoms with Crippen molar-refractivity contribution in [2.24, 2.45) is 0 Å². The van der Waals surface area contributed by atoms with E-state index < -0.39 is 0 Å². The van der Waals surface area contributed by atoms with Crippen molar-refractivity contribution in [2.75, 3.05) is 18.4 Å². The fourth-order valence-electron chi connectivity index (χ4n) is 1.71. The summed E-state index contributed by atoms with van der Waals surface area (Å²) >= 11 is 0. The quantitative estimate of drug-likeness (QED) is 0.762. The van der Waals surface area contributed by atoms with Gasteiger partial charge in [-0.1, -0.05) is 0 Å². The lowest BCUT2D eigenvalue weighted by atomic mass is 10.2. The van der Waals surface area contributed by atoms with Crippen molar-refractivity contribution >= 4 is 11.7 Å². The van der Waals surface area contributed by atoms with Crippen molar-refractivity contribution in [2.45, 2.75) is 19.8 Å². The Bertz CT molecular complexity index is 359. The second-order valence-corrected chi connectivity index (χ2v) is 3.81. The summed E-state index contributed by atoms with van der Waals surface area (Å²) < 4.78 is 0. The van der Waals surface area contributed by atoms with Crippen LogP contribution in [0.1, 0.15) is 18.4 Å². The molecule has 0 unspecified atom stereocenters. The number of nitrogens with one attached hydrogen (secondary N) is 1. The highest BCUT2D eigenvalue weighted by molar-refractivity contribution is 5.90. The zero-order chi connectivity index (χ0) is 10.7. The lowest BCUT2D eigenvalue weighted by molar-refractivity contribution is 0.222. The maximum Gasteiger partial charge on any atom is 0.321 e. The van der Waals surface area contributed by atoms with Crippen molar-refractivity contribution in [1.29, 1.82) is 0 Å². The minimum atomic E-state index is -0.0106. The van der Waals surface area contributed by atoms with Crippen molar-refractivity contribution in [1.82, 2.24) is 9.88 Å². The number of urea groups is 1. The minimum absolute atomic E-state index is 0.0106. The van der Waals surface area contributed by atoms with E-state index in [9.17, 15) is 4.79 Å². The molecular formula is C11H15N3O. The van der Waals surface area contributed by atoms with E-state index in [1.54, 1.807) is 12.4 Å². The lowest BCUT2D eigenvalue weighted by Crippen LogP contribution is -2.32. The Morgan fingerprint density at radius 3 is 2.87 bits per heavy atom. The van der Waals surface area contributed by atoms with Gasteiger partial charge in [0.25, 0.3) is 0 Å². The molecule has 2 heterocycles. The van der Waals surface area contributed by atoms with Gasteiger partial charge in [0, 0.05) is 19.3 Å². The predicted molar refractivity (Wildman–Crippen MR) is 58.8 cm³/mol. The zero-order valence-electron chi connectivity index (χ0n) is 8.86. The SMILES string of the molecule is Cc1ccncc1NC(=O)N1CCCC1. The third-order valence-electron chi connectivity index (χ3n) is 2.67. The first-order chi connectivity index (χ1) is 7.27. The first-order valence-corrected chi connectivity index (χ1v) is 5.24. The summed E-state index contributed by atoms with van der Waals surface area (Å²) in [5.74, 6) is 0. The third-order valence-corrected chi connectivity index (χ3v) is 2.67. The van der Waals surface area contributed by atoms with Gasteiger partial charge in [0.2, 0.25) is 0 Å². The number of pyridine rings is 1. The van der Waals surface area contributed by atoms with Crippen LogP contribution in [-0.2, 0) is 0 Å². The molecular weight excluding hydrogens is 190 g/mol. The molecule has 0 atom stereocenters. The molecule has 0 spiro atoms. The van der Waals surface area contributed by atoms with Gasteiger partial charge in [0.1, 0.15) is 0 Å². The molecule has 2 amide bonds. The zero-order valence-corrected chi connectivity index (χ0v) is 8.86. The average molecular weight is 205 g/mol. The second kappa shape index (κ2) is 4.29. The molecule has 15 heavy (non-hydrogen) atoms. The maximum absolute atomic E-state index is 11.8. The van der Waals surface area contributed by atoms with Crippen molar-refractivity contribution in [3.8, 4) is 0 Å². The monoisotopic (exact) mass is 205 g/mol. The number of carbonyl (C=O) groups is 1. The topological polar surface area (TPSA) is 45.2 Å². The van der Waals surface area contributed by atoms with E-state index in [1.165, 1.54) is 0 Å². The van der Waals surface area contributed by atoms with Crippen molar-refractivity contribution in [3.63, 3.8) is 0 Å². The normalized spacial score (nSPS) is 15.4. The summed E-state index contributed by atoms with van der Waals surface area (Å²) in [4.78, 5) is 17.6. The number of aryl methyl sites for hydroxylation is 1. The first kappa shape index (κ1) is 9.96. The van der Waals surface area contributed by atoms with Crippen LogP contribution < -0.4 is 5.32 Å². The molecule has 1 aliphatic heterocycles. The predicted octanol–water partition coefficient (Wildman–Crippen LogP) is 2.02. The summed E-state index contributed by atoms with van der Waals surface area (Å²) in [5.41, 5.74) is 1.84. The summed E-state index contributed by atoms with van der Waals surface area (Å²) in [7, 11) is 0. The summed E-state index contributed by atoms with van der Waals surface area (Å²) in [5, 5.41) is 2.88. The van der Waals surface area contributed by atoms with E-state index in [2.05, 4.69) is 10.3 Å². The van der Waals surface area contributed by atoms with Gasteiger partial charge in [0.15, 0.2) is 0 Å². The second-order valence-electron chi connectivity index (χ2n) is 3.81. The van der Waals surface area contributed by atoms with Crippen LogP contribution in [0.4, 0.5) is 10.5 Å². The fourth-order valence-corrected chi connectivity index (χ4v) is 1.71. The number of hydrogen-bond donors (Lipinski definition) is 1. The highest BCUT2D eigenvalue weighted by Crippen LogP contribution is 2.14.